The van der Waals surface area contributed by atoms with Crippen molar-refractivity contribution in [1.82, 2.24) is 14.8 Å². The van der Waals surface area contributed by atoms with E-state index >= 15 is 0 Å². The van der Waals surface area contributed by atoms with E-state index in [1.165, 1.54) is 0 Å². The molecule has 3 nitrogen and oxygen atoms in total. The van der Waals surface area contributed by atoms with Crippen LogP contribution in [0.2, 0.25) is 0 Å². The van der Waals surface area contributed by atoms with Gasteiger partial charge in [-0.15, -0.1) is 10.2 Å². The maximum atomic E-state index is 14.2. The van der Waals surface area contributed by atoms with Crippen molar-refractivity contribution in [2.24, 2.45) is 11.8 Å². The molecule has 0 N–H and O–H groups in total. The number of hydrogen-bond donors (Lipinski definition) is 0. The van der Waals surface area contributed by atoms with Crippen molar-refractivity contribution in [1.29, 1.82) is 0 Å². The second-order valence-electron chi connectivity index (χ2n) is 10.6. The summed E-state index contributed by atoms with van der Waals surface area (Å²) >= 11 is 0. The zero-order chi connectivity index (χ0) is 27.9. The number of nitrogens with zero attached hydrogens (tertiary/aromatic N) is 3. The van der Waals surface area contributed by atoms with E-state index in [1.807, 2.05) is 89.2 Å². The Hall–Kier alpha value is -3.20. The van der Waals surface area contributed by atoms with Gasteiger partial charge in [0.15, 0.2) is 11.6 Å². The number of rotatable bonds is 8. The molecule has 1 aromatic heterocycles. The largest absolute Gasteiger partial charge is 0.310 e. The summed E-state index contributed by atoms with van der Waals surface area (Å²) in [5.41, 5.74) is 3.18. The highest BCUT2D eigenvalue weighted by atomic mass is 32.5. The topological polar surface area (TPSA) is 30.7 Å². The fraction of sp³-hybridized carbons (Fsp3) is 0.310. The van der Waals surface area contributed by atoms with Gasteiger partial charge in [0, 0.05) is 11.1 Å². The quantitative estimate of drug-likeness (QED) is 0.205. The van der Waals surface area contributed by atoms with E-state index in [0.29, 0.717) is 35.0 Å². The van der Waals surface area contributed by atoms with Crippen molar-refractivity contribution in [2.45, 2.75) is 52.4 Å². The highest BCUT2D eigenvalue weighted by Crippen LogP contribution is 3.02. The van der Waals surface area contributed by atoms with Gasteiger partial charge in [-0.3, -0.25) is 4.57 Å². The van der Waals surface area contributed by atoms with Crippen molar-refractivity contribution < 1.29 is 19.4 Å². The van der Waals surface area contributed by atoms with Crippen LogP contribution in [-0.4, -0.2) is 14.8 Å². The first-order valence-corrected chi connectivity index (χ1v) is 14.5. The molecular formula is C29H32F5N3S. The molecule has 0 atom stereocenters. The van der Waals surface area contributed by atoms with E-state index in [0.717, 1.165) is 11.1 Å². The number of hydrogen-bond acceptors (Lipinski definition) is 2. The van der Waals surface area contributed by atoms with Crippen LogP contribution in [-0.2, 0) is 12.8 Å². The van der Waals surface area contributed by atoms with Crippen LogP contribution >= 0.6 is 10.2 Å². The first kappa shape index (κ1) is 27.8. The lowest BCUT2D eigenvalue weighted by molar-refractivity contribution is 0.363. The summed E-state index contributed by atoms with van der Waals surface area (Å²) in [6, 6.07) is 18.0. The molecule has 0 fully saturated rings. The number of benzene rings is 3. The number of aryl methyl sites for hydroxylation is 1. The van der Waals surface area contributed by atoms with Gasteiger partial charge in [0.25, 0.3) is 0 Å². The van der Waals surface area contributed by atoms with E-state index in [-0.39, 0.29) is 35.8 Å². The lowest BCUT2D eigenvalue weighted by Gasteiger charge is -2.41. The van der Waals surface area contributed by atoms with E-state index < -0.39 is 15.1 Å². The molecule has 0 radical (unpaired) electrons. The van der Waals surface area contributed by atoms with Crippen LogP contribution in [0.5, 0.6) is 0 Å². The molecule has 4 aromatic rings. The van der Waals surface area contributed by atoms with Crippen LogP contribution < -0.4 is 0 Å². The molecule has 0 aliphatic carbocycles. The summed E-state index contributed by atoms with van der Waals surface area (Å²) in [5, 5.41) is 8.96. The molecule has 0 saturated carbocycles. The SMILES string of the molecule is Cc1ccccc1-c1nnc(-c2ccccc2)n1-c1c(CC(C)C)cc(S(F)(F)(F)(F)F)cc1CC(C)C. The molecule has 0 bridgehead atoms. The third kappa shape index (κ3) is 5.93. The predicted molar refractivity (Wildman–Crippen MR) is 145 cm³/mol. The maximum absolute atomic E-state index is 14.2. The molecule has 1 heterocycles. The smallest absolute Gasteiger partial charge is 0.274 e. The van der Waals surface area contributed by atoms with Crippen molar-refractivity contribution in [2.75, 3.05) is 0 Å². The lowest BCUT2D eigenvalue weighted by atomic mass is 9.93. The highest BCUT2D eigenvalue weighted by Gasteiger charge is 2.65. The maximum Gasteiger partial charge on any atom is 0.310 e. The van der Waals surface area contributed by atoms with Crippen LogP contribution in [0.3, 0.4) is 0 Å². The average Bonchev–Trinajstić information content (AvgIpc) is 3.22. The fourth-order valence-corrected chi connectivity index (χ4v) is 5.43. The molecule has 204 valence electrons. The molecule has 0 aliphatic rings. The Morgan fingerprint density at radius 3 is 1.71 bits per heavy atom. The first-order chi connectivity index (χ1) is 17.5. The Morgan fingerprint density at radius 2 is 1.21 bits per heavy atom. The third-order valence-electron chi connectivity index (χ3n) is 6.25. The summed E-state index contributed by atoms with van der Waals surface area (Å²) in [6.07, 6.45) is 0.337. The number of aromatic nitrogens is 3. The Morgan fingerprint density at radius 1 is 0.711 bits per heavy atom. The molecule has 0 spiro atoms. The van der Waals surface area contributed by atoms with E-state index in [2.05, 4.69) is 10.2 Å². The van der Waals surface area contributed by atoms with E-state index in [9.17, 15) is 19.4 Å². The molecule has 0 aliphatic heterocycles. The Balaban J connectivity index is 2.17. The van der Waals surface area contributed by atoms with Crippen LogP contribution in [0.1, 0.15) is 44.4 Å². The van der Waals surface area contributed by atoms with Crippen molar-refractivity contribution in [3.05, 3.63) is 83.4 Å². The minimum Gasteiger partial charge on any atom is -0.274 e. The minimum atomic E-state index is -9.94. The normalized spacial score (nSPS) is 14.1. The Labute approximate surface area is 220 Å². The molecule has 0 saturated heterocycles. The third-order valence-corrected chi connectivity index (χ3v) is 7.37. The Kier molecular flexibility index (Phi) is 6.75. The van der Waals surface area contributed by atoms with Gasteiger partial charge >= 0.3 is 10.2 Å². The Bertz CT molecular complexity index is 1430. The summed E-state index contributed by atoms with van der Waals surface area (Å²) in [6.45, 7) is 9.32. The lowest BCUT2D eigenvalue weighted by Crippen LogP contribution is -2.15. The molecule has 4 rings (SSSR count). The van der Waals surface area contributed by atoms with Gasteiger partial charge in [-0.1, -0.05) is 102 Å². The van der Waals surface area contributed by atoms with E-state index in [4.69, 9.17) is 0 Å². The summed E-state index contributed by atoms with van der Waals surface area (Å²) in [7, 11) is -9.94. The van der Waals surface area contributed by atoms with Gasteiger partial charge in [-0.2, -0.15) is 0 Å². The summed E-state index contributed by atoms with van der Waals surface area (Å²) in [4.78, 5) is -1.85. The second-order valence-corrected chi connectivity index (χ2v) is 13.0. The average molecular weight is 550 g/mol. The molecule has 0 amide bonds. The van der Waals surface area contributed by atoms with Gasteiger partial charge in [0.1, 0.15) is 4.90 Å². The molecule has 3 aromatic carbocycles. The van der Waals surface area contributed by atoms with Gasteiger partial charge in [0.2, 0.25) is 0 Å². The zero-order valence-corrected chi connectivity index (χ0v) is 22.9. The van der Waals surface area contributed by atoms with Crippen molar-refractivity contribution >= 4 is 10.2 Å². The van der Waals surface area contributed by atoms with Crippen LogP contribution in [0.25, 0.3) is 28.5 Å². The number of halogens is 5. The van der Waals surface area contributed by atoms with Gasteiger partial charge in [-0.25, -0.2) is 0 Å². The van der Waals surface area contributed by atoms with Gasteiger partial charge < -0.3 is 0 Å². The molecule has 38 heavy (non-hydrogen) atoms. The highest BCUT2D eigenvalue weighted by molar-refractivity contribution is 8.45. The summed E-state index contributed by atoms with van der Waals surface area (Å²) < 4.78 is 72.6. The van der Waals surface area contributed by atoms with Crippen LogP contribution in [0.15, 0.2) is 71.6 Å². The summed E-state index contributed by atoms with van der Waals surface area (Å²) in [5.74, 6) is 0.692. The molecular weight excluding hydrogens is 517 g/mol. The van der Waals surface area contributed by atoms with Gasteiger partial charge in [0.05, 0.1) is 5.69 Å². The molecule has 0 unspecified atom stereocenters. The van der Waals surface area contributed by atoms with Gasteiger partial charge in [-0.05, 0) is 60.4 Å². The van der Waals surface area contributed by atoms with Crippen LogP contribution in [0, 0.1) is 18.8 Å². The van der Waals surface area contributed by atoms with Crippen molar-refractivity contribution in [3.63, 3.8) is 0 Å². The van der Waals surface area contributed by atoms with Crippen LogP contribution in [0.4, 0.5) is 19.4 Å². The van der Waals surface area contributed by atoms with E-state index in [1.54, 1.807) is 4.57 Å². The fourth-order valence-electron chi connectivity index (χ4n) is 4.70. The predicted octanol–water partition coefficient (Wildman–Crippen LogP) is 9.96. The molecule has 9 heteroatoms. The second kappa shape index (κ2) is 9.22. The zero-order valence-electron chi connectivity index (χ0n) is 22.1. The monoisotopic (exact) mass is 549 g/mol. The first-order valence-electron chi connectivity index (χ1n) is 12.5. The van der Waals surface area contributed by atoms with Crippen molar-refractivity contribution in [3.8, 4) is 28.5 Å². The standard InChI is InChI=1S/C29H32F5N3S/c1-19(2)15-23-17-25(38(30,31,32,33)34)18-24(16-20(3)4)27(23)37-28(22-12-7-6-8-13-22)35-36-29(37)26-14-10-9-11-21(26)5/h6-14,17-20H,15-16H2,1-5H3. The minimum absolute atomic E-state index is 0.0898.